The molecule has 1 atom stereocenters. The molecule has 1 saturated heterocycles. The molecule has 1 fully saturated rings. The van der Waals surface area contributed by atoms with E-state index in [1.165, 1.54) is 4.90 Å². The van der Waals surface area contributed by atoms with Gasteiger partial charge in [0.2, 0.25) is 0 Å². The Bertz CT molecular complexity index is 952. The van der Waals surface area contributed by atoms with Crippen LogP contribution in [-0.2, 0) is 9.59 Å². The number of likely N-dealkylation sites (tertiary alicyclic amines) is 1. The first kappa shape index (κ1) is 21.9. The van der Waals surface area contributed by atoms with Crippen molar-refractivity contribution in [3.8, 4) is 5.75 Å². The van der Waals surface area contributed by atoms with Gasteiger partial charge in [-0.3, -0.25) is 9.59 Å². The van der Waals surface area contributed by atoms with E-state index in [1.807, 2.05) is 38.1 Å². The molecule has 1 amide bonds. The fourth-order valence-electron chi connectivity index (χ4n) is 3.44. The molecule has 2 aromatic rings. The monoisotopic (exact) mass is 428 g/mol. The molecule has 0 bridgehead atoms. The summed E-state index contributed by atoms with van der Waals surface area (Å²) in [5, 5.41) is 11.5. The number of Topliss-reactive ketones (excluding diaryl/α,β-unsaturated/α-hetero) is 1. The Hall–Kier alpha value is -2.83. The van der Waals surface area contributed by atoms with Crippen LogP contribution >= 0.6 is 11.6 Å². The van der Waals surface area contributed by atoms with Gasteiger partial charge in [-0.1, -0.05) is 23.7 Å². The number of carbonyl (C=O) groups excluding carboxylic acids is 2. The van der Waals surface area contributed by atoms with Crippen LogP contribution in [-0.4, -0.2) is 60.4 Å². The summed E-state index contributed by atoms with van der Waals surface area (Å²) in [6.07, 6.45) is 0. The molecule has 0 spiro atoms. The third-order valence-corrected chi connectivity index (χ3v) is 5.20. The summed E-state index contributed by atoms with van der Waals surface area (Å²) in [4.78, 5) is 29.2. The van der Waals surface area contributed by atoms with Gasteiger partial charge in [0.25, 0.3) is 11.7 Å². The fourth-order valence-corrected chi connectivity index (χ4v) is 3.57. The predicted molar refractivity (Wildman–Crippen MR) is 117 cm³/mol. The molecular formula is C23H25ClN2O4. The second kappa shape index (κ2) is 9.32. The van der Waals surface area contributed by atoms with E-state index in [9.17, 15) is 14.7 Å². The zero-order valence-corrected chi connectivity index (χ0v) is 18.0. The van der Waals surface area contributed by atoms with E-state index in [-0.39, 0.29) is 11.3 Å². The maximum absolute atomic E-state index is 12.9. The van der Waals surface area contributed by atoms with Crippen LogP contribution in [0.2, 0.25) is 5.02 Å². The molecule has 0 saturated carbocycles. The molecule has 1 aliphatic heterocycles. The van der Waals surface area contributed by atoms with Gasteiger partial charge >= 0.3 is 0 Å². The van der Waals surface area contributed by atoms with Crippen LogP contribution in [0, 0.1) is 0 Å². The maximum Gasteiger partial charge on any atom is 0.295 e. The van der Waals surface area contributed by atoms with Gasteiger partial charge in [0.05, 0.1) is 18.2 Å². The Morgan fingerprint density at radius 1 is 1.10 bits per heavy atom. The summed E-state index contributed by atoms with van der Waals surface area (Å²) in [5.41, 5.74) is 1.23. The smallest absolute Gasteiger partial charge is 0.295 e. The Morgan fingerprint density at radius 3 is 2.30 bits per heavy atom. The topological polar surface area (TPSA) is 70.1 Å². The average molecular weight is 429 g/mol. The number of aliphatic hydroxyl groups excluding tert-OH is 1. The summed E-state index contributed by atoms with van der Waals surface area (Å²) in [7, 11) is 3.80. The van der Waals surface area contributed by atoms with Gasteiger partial charge in [-0.05, 0) is 63.0 Å². The highest BCUT2D eigenvalue weighted by atomic mass is 35.5. The van der Waals surface area contributed by atoms with E-state index in [4.69, 9.17) is 16.3 Å². The Balaban J connectivity index is 2.10. The molecule has 1 aliphatic rings. The predicted octanol–water partition coefficient (Wildman–Crippen LogP) is 3.72. The molecule has 1 heterocycles. The number of amides is 1. The van der Waals surface area contributed by atoms with E-state index in [2.05, 4.69) is 0 Å². The van der Waals surface area contributed by atoms with Crippen LogP contribution in [0.1, 0.15) is 24.1 Å². The fraction of sp³-hybridized carbons (Fsp3) is 0.304. The number of halogens is 1. The highest BCUT2D eigenvalue weighted by Gasteiger charge is 2.45. The molecule has 0 aromatic heterocycles. The molecule has 7 heteroatoms. The summed E-state index contributed by atoms with van der Waals surface area (Å²) in [6.45, 7) is 3.38. The minimum atomic E-state index is -0.694. The van der Waals surface area contributed by atoms with Gasteiger partial charge in [0.1, 0.15) is 11.5 Å². The largest absolute Gasteiger partial charge is 0.507 e. The van der Waals surface area contributed by atoms with Gasteiger partial charge in [-0.15, -0.1) is 0 Å². The van der Waals surface area contributed by atoms with Crippen molar-refractivity contribution in [1.29, 1.82) is 0 Å². The number of aliphatic hydroxyl groups is 1. The molecule has 0 radical (unpaired) electrons. The van der Waals surface area contributed by atoms with Gasteiger partial charge in [-0.2, -0.15) is 0 Å². The second-order valence-electron chi connectivity index (χ2n) is 7.30. The van der Waals surface area contributed by atoms with Crippen molar-refractivity contribution in [3.05, 3.63) is 70.3 Å². The molecular weight excluding hydrogens is 404 g/mol. The lowest BCUT2D eigenvalue weighted by atomic mass is 9.95. The number of ether oxygens (including phenoxy) is 1. The van der Waals surface area contributed by atoms with Crippen LogP contribution in [0.4, 0.5) is 0 Å². The molecule has 6 nitrogen and oxygen atoms in total. The number of hydrogen-bond donors (Lipinski definition) is 1. The number of nitrogens with zero attached hydrogens (tertiary/aromatic N) is 2. The lowest BCUT2D eigenvalue weighted by Gasteiger charge is -2.26. The molecule has 2 aromatic carbocycles. The summed E-state index contributed by atoms with van der Waals surface area (Å²) < 4.78 is 5.50. The zero-order valence-electron chi connectivity index (χ0n) is 17.3. The first-order valence-electron chi connectivity index (χ1n) is 9.75. The molecule has 158 valence electrons. The van der Waals surface area contributed by atoms with Crippen molar-refractivity contribution < 1.29 is 19.4 Å². The van der Waals surface area contributed by atoms with Crippen molar-refractivity contribution >= 4 is 29.1 Å². The minimum absolute atomic E-state index is 0.0743. The first-order valence-corrected chi connectivity index (χ1v) is 10.1. The number of ketones is 1. The number of likely N-dealkylation sites (N-methyl/N-ethyl adjacent to an activating group) is 1. The summed E-state index contributed by atoms with van der Waals surface area (Å²) in [5.74, 6) is -0.827. The highest BCUT2D eigenvalue weighted by Crippen LogP contribution is 2.39. The Morgan fingerprint density at radius 2 is 1.73 bits per heavy atom. The standard InChI is InChI=1S/C23H25ClN2O4/c1-4-30-18-11-7-15(8-12-18)20-19(21(27)16-5-9-17(24)10-6-16)22(28)23(29)26(20)14-13-25(2)3/h5-12,20,27H,4,13-14H2,1-3H3/t20-/m0/s1. The van der Waals surface area contributed by atoms with Crippen LogP contribution in [0.25, 0.3) is 5.76 Å². The molecule has 30 heavy (non-hydrogen) atoms. The Kier molecular flexibility index (Phi) is 6.80. The molecule has 3 rings (SSSR count). The Labute approximate surface area is 181 Å². The van der Waals surface area contributed by atoms with E-state index >= 15 is 0 Å². The summed E-state index contributed by atoms with van der Waals surface area (Å²) >= 11 is 5.94. The lowest BCUT2D eigenvalue weighted by molar-refractivity contribution is -0.140. The number of benzene rings is 2. The van der Waals surface area contributed by atoms with Gasteiger partial charge in [-0.25, -0.2) is 0 Å². The van der Waals surface area contributed by atoms with Crippen LogP contribution < -0.4 is 4.74 Å². The summed E-state index contributed by atoms with van der Waals surface area (Å²) in [6, 6.07) is 13.1. The van der Waals surface area contributed by atoms with Crippen molar-refractivity contribution in [2.24, 2.45) is 0 Å². The molecule has 0 unspecified atom stereocenters. The van der Waals surface area contributed by atoms with Gasteiger partial charge in [0, 0.05) is 23.7 Å². The number of hydrogen-bond acceptors (Lipinski definition) is 5. The van der Waals surface area contributed by atoms with Crippen molar-refractivity contribution in [3.63, 3.8) is 0 Å². The van der Waals surface area contributed by atoms with Crippen LogP contribution in [0.3, 0.4) is 0 Å². The third-order valence-electron chi connectivity index (χ3n) is 4.95. The van der Waals surface area contributed by atoms with Crippen LogP contribution in [0.5, 0.6) is 5.75 Å². The van der Waals surface area contributed by atoms with E-state index in [0.717, 1.165) is 5.56 Å². The maximum atomic E-state index is 12.9. The van der Waals surface area contributed by atoms with Gasteiger partial charge in [0.15, 0.2) is 0 Å². The lowest BCUT2D eigenvalue weighted by Crippen LogP contribution is -2.35. The van der Waals surface area contributed by atoms with E-state index < -0.39 is 17.7 Å². The molecule has 0 aliphatic carbocycles. The van der Waals surface area contributed by atoms with Crippen molar-refractivity contribution in [2.75, 3.05) is 33.8 Å². The minimum Gasteiger partial charge on any atom is -0.507 e. The van der Waals surface area contributed by atoms with Crippen LogP contribution in [0.15, 0.2) is 54.1 Å². The average Bonchev–Trinajstić information content (AvgIpc) is 2.98. The number of rotatable bonds is 7. The SMILES string of the molecule is CCOc1ccc([C@H]2C(=C(O)c3ccc(Cl)cc3)C(=O)C(=O)N2CCN(C)C)cc1. The van der Waals surface area contributed by atoms with Crippen molar-refractivity contribution in [1.82, 2.24) is 9.80 Å². The van der Waals surface area contributed by atoms with E-state index in [1.54, 1.807) is 36.4 Å². The van der Waals surface area contributed by atoms with E-state index in [0.29, 0.717) is 36.0 Å². The third kappa shape index (κ3) is 4.50. The zero-order chi connectivity index (χ0) is 21.8. The number of carbonyl (C=O) groups is 2. The normalized spacial score (nSPS) is 18.3. The van der Waals surface area contributed by atoms with Gasteiger partial charge < -0.3 is 19.6 Å². The quantitative estimate of drug-likeness (QED) is 0.413. The van der Waals surface area contributed by atoms with Crippen molar-refractivity contribution in [2.45, 2.75) is 13.0 Å². The second-order valence-corrected chi connectivity index (χ2v) is 7.74. The molecule has 1 N–H and O–H groups in total. The first-order chi connectivity index (χ1) is 14.3. The highest BCUT2D eigenvalue weighted by molar-refractivity contribution is 6.46.